The molecule has 144 valence electrons. The summed E-state index contributed by atoms with van der Waals surface area (Å²) in [5.41, 5.74) is 2.41. The molecule has 0 heterocycles. The number of carboxylic acids is 1. The minimum absolute atomic E-state index is 0.0681. The SMILES string of the molecule is CCOC(=O)Oc1c(C)cc(C(C)(C)C)cc1-c1cc(Cl)ccc1C(=O)O. The lowest BCUT2D eigenvalue weighted by atomic mass is 9.83. The van der Waals surface area contributed by atoms with Gasteiger partial charge in [-0.1, -0.05) is 38.4 Å². The fourth-order valence-electron chi connectivity index (χ4n) is 2.70. The third kappa shape index (κ3) is 4.80. The summed E-state index contributed by atoms with van der Waals surface area (Å²) in [6.45, 7) is 9.80. The Morgan fingerprint density at radius 2 is 1.78 bits per heavy atom. The maximum Gasteiger partial charge on any atom is 0.513 e. The summed E-state index contributed by atoms with van der Waals surface area (Å²) in [6, 6.07) is 8.26. The normalized spacial score (nSPS) is 11.2. The van der Waals surface area contributed by atoms with Gasteiger partial charge in [-0.05, 0) is 54.7 Å². The average Bonchev–Trinajstić information content (AvgIpc) is 2.55. The van der Waals surface area contributed by atoms with Gasteiger partial charge in [0, 0.05) is 16.1 Å². The Kier molecular flexibility index (Phi) is 6.16. The summed E-state index contributed by atoms with van der Waals surface area (Å²) in [5, 5.41) is 9.98. The van der Waals surface area contributed by atoms with E-state index >= 15 is 0 Å². The van der Waals surface area contributed by atoms with Crippen LogP contribution in [0.4, 0.5) is 4.79 Å². The van der Waals surface area contributed by atoms with Crippen LogP contribution in [-0.4, -0.2) is 23.8 Å². The molecule has 0 spiro atoms. The van der Waals surface area contributed by atoms with Gasteiger partial charge in [-0.2, -0.15) is 0 Å². The number of hydrogen-bond acceptors (Lipinski definition) is 4. The number of carbonyl (C=O) groups is 2. The number of aryl methyl sites for hydroxylation is 1. The quantitative estimate of drug-likeness (QED) is 0.523. The van der Waals surface area contributed by atoms with E-state index in [1.807, 2.05) is 32.9 Å². The van der Waals surface area contributed by atoms with Crippen molar-refractivity contribution in [3.05, 3.63) is 52.0 Å². The average molecular weight is 391 g/mol. The molecule has 0 saturated carbocycles. The summed E-state index contributed by atoms with van der Waals surface area (Å²) in [4.78, 5) is 23.7. The maximum atomic E-state index is 11.9. The van der Waals surface area contributed by atoms with Crippen molar-refractivity contribution in [2.24, 2.45) is 0 Å². The Labute approximate surface area is 163 Å². The zero-order chi connectivity index (χ0) is 20.4. The lowest BCUT2D eigenvalue weighted by Crippen LogP contribution is -2.15. The van der Waals surface area contributed by atoms with Gasteiger partial charge in [0.25, 0.3) is 0 Å². The highest BCUT2D eigenvalue weighted by Crippen LogP contribution is 2.40. The van der Waals surface area contributed by atoms with Crippen LogP contribution in [0.3, 0.4) is 0 Å². The number of hydrogen-bond donors (Lipinski definition) is 1. The Morgan fingerprint density at radius 3 is 2.33 bits per heavy atom. The molecule has 0 aliphatic carbocycles. The molecular weight excluding hydrogens is 368 g/mol. The molecule has 0 aliphatic heterocycles. The molecule has 2 rings (SSSR count). The summed E-state index contributed by atoms with van der Waals surface area (Å²) in [5.74, 6) is -0.839. The van der Waals surface area contributed by atoms with Gasteiger partial charge in [0.2, 0.25) is 0 Å². The van der Waals surface area contributed by atoms with E-state index in [9.17, 15) is 14.7 Å². The standard InChI is InChI=1S/C21H23ClO5/c1-6-26-20(25)27-18-12(2)9-13(21(3,4)5)10-17(18)16-11-14(22)7-8-15(16)19(23)24/h7-11H,6H2,1-5H3,(H,23,24). The van der Waals surface area contributed by atoms with Gasteiger partial charge in [0.15, 0.2) is 0 Å². The van der Waals surface area contributed by atoms with E-state index < -0.39 is 12.1 Å². The van der Waals surface area contributed by atoms with E-state index in [4.69, 9.17) is 21.1 Å². The van der Waals surface area contributed by atoms with Gasteiger partial charge in [0.05, 0.1) is 12.2 Å². The van der Waals surface area contributed by atoms with Crippen molar-refractivity contribution < 1.29 is 24.2 Å². The molecule has 2 aromatic carbocycles. The largest absolute Gasteiger partial charge is 0.513 e. The minimum atomic E-state index is -1.09. The Hall–Kier alpha value is -2.53. The molecule has 0 aliphatic rings. The molecular formula is C21H23ClO5. The van der Waals surface area contributed by atoms with E-state index in [0.717, 1.165) is 5.56 Å². The zero-order valence-electron chi connectivity index (χ0n) is 16.1. The molecule has 1 N–H and O–H groups in total. The topological polar surface area (TPSA) is 72.8 Å². The van der Waals surface area contributed by atoms with Crippen LogP contribution in [0.25, 0.3) is 11.1 Å². The van der Waals surface area contributed by atoms with Crippen molar-refractivity contribution in [1.82, 2.24) is 0 Å². The monoisotopic (exact) mass is 390 g/mol. The number of benzene rings is 2. The van der Waals surface area contributed by atoms with Gasteiger partial charge in [0.1, 0.15) is 5.75 Å². The van der Waals surface area contributed by atoms with Crippen molar-refractivity contribution in [3.8, 4) is 16.9 Å². The van der Waals surface area contributed by atoms with Gasteiger partial charge in [-0.25, -0.2) is 9.59 Å². The smallest absolute Gasteiger partial charge is 0.478 e. The molecule has 6 heteroatoms. The highest BCUT2D eigenvalue weighted by atomic mass is 35.5. The lowest BCUT2D eigenvalue weighted by Gasteiger charge is -2.23. The minimum Gasteiger partial charge on any atom is -0.478 e. The molecule has 0 aromatic heterocycles. The molecule has 0 radical (unpaired) electrons. The summed E-state index contributed by atoms with van der Waals surface area (Å²) < 4.78 is 10.3. The first-order valence-corrected chi connectivity index (χ1v) is 8.95. The fourth-order valence-corrected chi connectivity index (χ4v) is 2.87. The van der Waals surface area contributed by atoms with Crippen LogP contribution in [0.5, 0.6) is 5.75 Å². The maximum absolute atomic E-state index is 11.9. The van der Waals surface area contributed by atoms with Crippen molar-refractivity contribution >= 4 is 23.7 Å². The molecule has 0 amide bonds. The second-order valence-corrected chi connectivity index (χ2v) is 7.64. The Bertz CT molecular complexity index is 881. The van der Waals surface area contributed by atoms with E-state index in [2.05, 4.69) is 0 Å². The zero-order valence-corrected chi connectivity index (χ0v) is 16.8. The Morgan fingerprint density at radius 1 is 1.11 bits per heavy atom. The van der Waals surface area contributed by atoms with Gasteiger partial charge in [-0.3, -0.25) is 0 Å². The summed E-state index contributed by atoms with van der Waals surface area (Å²) >= 11 is 6.12. The molecule has 2 aromatic rings. The van der Waals surface area contributed by atoms with Crippen LogP contribution >= 0.6 is 11.6 Å². The van der Waals surface area contributed by atoms with Crippen molar-refractivity contribution in [2.45, 2.75) is 40.0 Å². The van der Waals surface area contributed by atoms with Crippen LogP contribution < -0.4 is 4.74 Å². The number of halogens is 1. The van der Waals surface area contributed by atoms with Crippen LogP contribution in [0.2, 0.25) is 5.02 Å². The molecule has 0 fully saturated rings. The molecule has 0 bridgehead atoms. The summed E-state index contributed by atoms with van der Waals surface area (Å²) in [6.07, 6.45) is -0.843. The number of carbonyl (C=O) groups excluding carboxylic acids is 1. The van der Waals surface area contributed by atoms with E-state index in [1.165, 1.54) is 12.1 Å². The van der Waals surface area contributed by atoms with E-state index in [0.29, 0.717) is 21.7 Å². The van der Waals surface area contributed by atoms with Crippen LogP contribution in [0.1, 0.15) is 49.2 Å². The van der Waals surface area contributed by atoms with E-state index in [1.54, 1.807) is 19.9 Å². The summed E-state index contributed by atoms with van der Waals surface area (Å²) in [7, 11) is 0. The van der Waals surface area contributed by atoms with Crippen molar-refractivity contribution in [2.75, 3.05) is 6.61 Å². The fraction of sp³-hybridized carbons (Fsp3) is 0.333. The second kappa shape index (κ2) is 8.01. The molecule has 0 atom stereocenters. The van der Waals surface area contributed by atoms with Crippen LogP contribution in [0.15, 0.2) is 30.3 Å². The van der Waals surface area contributed by atoms with Crippen molar-refractivity contribution in [1.29, 1.82) is 0 Å². The number of carboxylic acid groups (broad SMARTS) is 1. The van der Waals surface area contributed by atoms with Crippen LogP contribution in [0, 0.1) is 6.92 Å². The molecule has 5 nitrogen and oxygen atoms in total. The first-order valence-electron chi connectivity index (χ1n) is 8.57. The van der Waals surface area contributed by atoms with E-state index in [-0.39, 0.29) is 23.3 Å². The molecule has 0 unspecified atom stereocenters. The Balaban J connectivity index is 2.79. The number of rotatable bonds is 4. The number of aromatic carboxylic acids is 1. The van der Waals surface area contributed by atoms with Gasteiger partial charge < -0.3 is 14.6 Å². The molecule has 27 heavy (non-hydrogen) atoms. The highest BCUT2D eigenvalue weighted by molar-refractivity contribution is 6.31. The lowest BCUT2D eigenvalue weighted by molar-refractivity contribution is 0.0697. The second-order valence-electron chi connectivity index (χ2n) is 7.20. The third-order valence-electron chi connectivity index (χ3n) is 4.09. The van der Waals surface area contributed by atoms with Crippen LogP contribution in [-0.2, 0) is 10.2 Å². The third-order valence-corrected chi connectivity index (χ3v) is 4.33. The van der Waals surface area contributed by atoms with Gasteiger partial charge in [-0.15, -0.1) is 0 Å². The van der Waals surface area contributed by atoms with Crippen molar-refractivity contribution in [3.63, 3.8) is 0 Å². The first kappa shape index (κ1) is 20.8. The number of ether oxygens (including phenoxy) is 2. The first-order chi connectivity index (χ1) is 12.5. The highest BCUT2D eigenvalue weighted by Gasteiger charge is 2.24. The molecule has 0 saturated heterocycles. The van der Waals surface area contributed by atoms with Gasteiger partial charge >= 0.3 is 12.1 Å². The predicted molar refractivity (Wildman–Crippen MR) is 105 cm³/mol. The predicted octanol–water partition coefficient (Wildman–Crippen LogP) is 5.85.